The van der Waals surface area contributed by atoms with Gasteiger partial charge < -0.3 is 9.64 Å². The van der Waals surface area contributed by atoms with Gasteiger partial charge in [-0.1, -0.05) is 13.8 Å². The molecule has 1 aliphatic rings. The minimum Gasteiger partial charge on any atom is -0.372 e. The molecule has 0 aromatic rings. The summed E-state index contributed by atoms with van der Waals surface area (Å²) in [5.74, 6) is 0.134. The summed E-state index contributed by atoms with van der Waals surface area (Å²) in [5, 5.41) is 0. The van der Waals surface area contributed by atoms with E-state index in [0.717, 1.165) is 25.9 Å². The fraction of sp³-hybridized carbons (Fsp3) is 0.917. The van der Waals surface area contributed by atoms with Crippen LogP contribution in [0.25, 0.3) is 0 Å². The SMILES string of the molecule is COC(C)C(=O)N1CCCC(C)(C)CC1. The van der Waals surface area contributed by atoms with Gasteiger partial charge in [0.25, 0.3) is 5.91 Å². The van der Waals surface area contributed by atoms with Crippen LogP contribution in [0.3, 0.4) is 0 Å². The second-order valence-electron chi connectivity index (χ2n) is 5.22. The van der Waals surface area contributed by atoms with E-state index in [1.807, 2.05) is 11.8 Å². The summed E-state index contributed by atoms with van der Waals surface area (Å²) in [7, 11) is 1.59. The van der Waals surface area contributed by atoms with Gasteiger partial charge in [0, 0.05) is 20.2 Å². The Balaban J connectivity index is 2.54. The summed E-state index contributed by atoms with van der Waals surface area (Å²) < 4.78 is 5.07. The van der Waals surface area contributed by atoms with E-state index in [-0.39, 0.29) is 12.0 Å². The van der Waals surface area contributed by atoms with Gasteiger partial charge >= 0.3 is 0 Å². The number of nitrogens with zero attached hydrogens (tertiary/aromatic N) is 1. The summed E-state index contributed by atoms with van der Waals surface area (Å²) in [5.41, 5.74) is 0.380. The number of rotatable bonds is 2. The van der Waals surface area contributed by atoms with E-state index in [4.69, 9.17) is 4.74 Å². The van der Waals surface area contributed by atoms with Gasteiger partial charge in [-0.25, -0.2) is 0 Å². The molecule has 1 amide bonds. The van der Waals surface area contributed by atoms with Gasteiger partial charge in [-0.2, -0.15) is 0 Å². The summed E-state index contributed by atoms with van der Waals surface area (Å²) in [4.78, 5) is 13.8. The van der Waals surface area contributed by atoms with Crippen molar-refractivity contribution in [1.29, 1.82) is 0 Å². The Morgan fingerprint density at radius 2 is 2.00 bits per heavy atom. The van der Waals surface area contributed by atoms with Crippen molar-refractivity contribution in [3.63, 3.8) is 0 Å². The van der Waals surface area contributed by atoms with E-state index >= 15 is 0 Å². The fourth-order valence-corrected chi connectivity index (χ4v) is 2.00. The molecule has 0 N–H and O–H groups in total. The van der Waals surface area contributed by atoms with Gasteiger partial charge in [-0.3, -0.25) is 4.79 Å². The first-order valence-corrected chi connectivity index (χ1v) is 5.78. The van der Waals surface area contributed by atoms with Crippen molar-refractivity contribution < 1.29 is 9.53 Å². The first kappa shape index (κ1) is 12.5. The van der Waals surface area contributed by atoms with Crippen LogP contribution in [0.4, 0.5) is 0 Å². The van der Waals surface area contributed by atoms with E-state index in [0.29, 0.717) is 5.41 Å². The van der Waals surface area contributed by atoms with Crippen LogP contribution in [0.5, 0.6) is 0 Å². The minimum atomic E-state index is -0.300. The van der Waals surface area contributed by atoms with Crippen molar-refractivity contribution in [3.05, 3.63) is 0 Å². The molecule has 1 atom stereocenters. The van der Waals surface area contributed by atoms with Crippen LogP contribution in [-0.2, 0) is 9.53 Å². The summed E-state index contributed by atoms with van der Waals surface area (Å²) in [6, 6.07) is 0. The van der Waals surface area contributed by atoms with Gasteiger partial charge in [0.05, 0.1) is 0 Å². The molecule has 0 spiro atoms. The number of methoxy groups -OCH3 is 1. The van der Waals surface area contributed by atoms with E-state index in [1.165, 1.54) is 6.42 Å². The summed E-state index contributed by atoms with van der Waals surface area (Å²) in [6.45, 7) is 8.13. The average Bonchev–Trinajstić information content (AvgIpc) is 2.37. The lowest BCUT2D eigenvalue weighted by molar-refractivity contribution is -0.140. The molecule has 0 saturated carbocycles. The minimum absolute atomic E-state index is 0.134. The summed E-state index contributed by atoms with van der Waals surface area (Å²) >= 11 is 0. The second kappa shape index (κ2) is 4.97. The lowest BCUT2D eigenvalue weighted by Crippen LogP contribution is -2.39. The zero-order valence-electron chi connectivity index (χ0n) is 10.4. The lowest BCUT2D eigenvalue weighted by Gasteiger charge is -2.25. The zero-order valence-corrected chi connectivity index (χ0v) is 10.4. The summed E-state index contributed by atoms with van der Waals surface area (Å²) in [6.07, 6.45) is 3.11. The van der Waals surface area contributed by atoms with Crippen LogP contribution in [0.2, 0.25) is 0 Å². The van der Waals surface area contributed by atoms with Gasteiger partial charge in [0.15, 0.2) is 0 Å². The van der Waals surface area contributed by atoms with Gasteiger partial charge in [0.2, 0.25) is 0 Å². The van der Waals surface area contributed by atoms with Crippen LogP contribution in [-0.4, -0.2) is 37.1 Å². The highest BCUT2D eigenvalue weighted by Gasteiger charge is 2.27. The van der Waals surface area contributed by atoms with E-state index in [2.05, 4.69) is 13.8 Å². The maximum Gasteiger partial charge on any atom is 0.251 e. The molecule has 0 aliphatic carbocycles. The normalized spacial score (nSPS) is 23.3. The standard InChI is InChI=1S/C12H23NO2/c1-10(15-4)11(14)13-8-5-6-12(2,3)7-9-13/h10H,5-9H2,1-4H3. The van der Waals surface area contributed by atoms with Crippen molar-refractivity contribution in [2.75, 3.05) is 20.2 Å². The number of hydrogen-bond donors (Lipinski definition) is 0. The maximum absolute atomic E-state index is 11.9. The number of carbonyl (C=O) groups is 1. The molecular formula is C12H23NO2. The third-order valence-electron chi connectivity index (χ3n) is 3.35. The van der Waals surface area contributed by atoms with E-state index in [9.17, 15) is 4.79 Å². The van der Waals surface area contributed by atoms with E-state index in [1.54, 1.807) is 7.11 Å². The number of ether oxygens (including phenoxy) is 1. The van der Waals surface area contributed by atoms with Gasteiger partial charge in [-0.15, -0.1) is 0 Å². The van der Waals surface area contributed by atoms with Crippen molar-refractivity contribution >= 4 is 5.91 Å². The zero-order chi connectivity index (χ0) is 11.5. The number of amides is 1. The molecule has 88 valence electrons. The van der Waals surface area contributed by atoms with Crippen LogP contribution < -0.4 is 0 Å². The first-order chi connectivity index (χ1) is 6.96. The molecule has 1 fully saturated rings. The Morgan fingerprint density at radius 3 is 2.60 bits per heavy atom. The molecule has 15 heavy (non-hydrogen) atoms. The molecule has 3 nitrogen and oxygen atoms in total. The lowest BCUT2D eigenvalue weighted by atomic mass is 9.85. The van der Waals surface area contributed by atoms with Crippen LogP contribution >= 0.6 is 0 Å². The fourth-order valence-electron chi connectivity index (χ4n) is 2.00. The molecule has 3 heteroatoms. The molecule has 1 saturated heterocycles. The quantitative estimate of drug-likeness (QED) is 0.702. The molecular weight excluding hydrogens is 190 g/mol. The number of carbonyl (C=O) groups excluding carboxylic acids is 1. The van der Waals surface area contributed by atoms with Crippen molar-refractivity contribution in [2.45, 2.75) is 46.1 Å². The van der Waals surface area contributed by atoms with Gasteiger partial charge in [0.1, 0.15) is 6.10 Å². The smallest absolute Gasteiger partial charge is 0.251 e. The predicted octanol–water partition coefficient (Wildman–Crippen LogP) is 2.06. The Labute approximate surface area is 92.8 Å². The molecule has 1 rings (SSSR count). The topological polar surface area (TPSA) is 29.5 Å². The second-order valence-corrected chi connectivity index (χ2v) is 5.22. The monoisotopic (exact) mass is 213 g/mol. The van der Waals surface area contributed by atoms with Crippen LogP contribution in [0, 0.1) is 5.41 Å². The van der Waals surface area contributed by atoms with Gasteiger partial charge in [-0.05, 0) is 31.6 Å². The molecule has 0 bridgehead atoms. The average molecular weight is 213 g/mol. The highest BCUT2D eigenvalue weighted by atomic mass is 16.5. The molecule has 0 aromatic heterocycles. The van der Waals surface area contributed by atoms with Crippen LogP contribution in [0.15, 0.2) is 0 Å². The molecule has 1 aliphatic heterocycles. The highest BCUT2D eigenvalue weighted by molar-refractivity contribution is 5.80. The van der Waals surface area contributed by atoms with Crippen molar-refractivity contribution in [2.24, 2.45) is 5.41 Å². The van der Waals surface area contributed by atoms with E-state index < -0.39 is 0 Å². The number of likely N-dealkylation sites (tertiary alicyclic amines) is 1. The molecule has 0 aromatic carbocycles. The van der Waals surface area contributed by atoms with Crippen molar-refractivity contribution in [1.82, 2.24) is 4.90 Å². The predicted molar refractivity (Wildman–Crippen MR) is 60.7 cm³/mol. The van der Waals surface area contributed by atoms with Crippen molar-refractivity contribution in [3.8, 4) is 0 Å². The Hall–Kier alpha value is -0.570. The third kappa shape index (κ3) is 3.49. The Morgan fingerprint density at radius 1 is 1.33 bits per heavy atom. The molecule has 1 heterocycles. The van der Waals surface area contributed by atoms with Crippen LogP contribution in [0.1, 0.15) is 40.0 Å². The molecule has 1 unspecified atom stereocenters. The Kier molecular flexibility index (Phi) is 4.14. The number of hydrogen-bond acceptors (Lipinski definition) is 2. The maximum atomic E-state index is 11.9. The molecule has 0 radical (unpaired) electrons. The largest absolute Gasteiger partial charge is 0.372 e. The third-order valence-corrected chi connectivity index (χ3v) is 3.35. The Bertz CT molecular complexity index is 226. The highest BCUT2D eigenvalue weighted by Crippen LogP contribution is 2.29. The first-order valence-electron chi connectivity index (χ1n) is 5.78.